The summed E-state index contributed by atoms with van der Waals surface area (Å²) in [5.41, 5.74) is 5.06. The normalized spacial score (nSPS) is 18.0. The highest BCUT2D eigenvalue weighted by molar-refractivity contribution is 5.83. The van der Waals surface area contributed by atoms with Crippen molar-refractivity contribution in [1.82, 2.24) is 0 Å². The van der Waals surface area contributed by atoms with E-state index in [4.69, 9.17) is 26.2 Å². The van der Waals surface area contributed by atoms with Gasteiger partial charge in [-0.2, -0.15) is 0 Å². The fraction of sp³-hybridized carbons (Fsp3) is 0.833. The molecule has 0 fully saturated rings. The zero-order chi connectivity index (χ0) is 9.72. The Morgan fingerprint density at radius 3 is 2.17 bits per heavy atom. The SMILES string of the molecule is CC(O)C(CO)N=C(N)C(O)O. The second-order valence-corrected chi connectivity index (χ2v) is 2.42. The zero-order valence-corrected chi connectivity index (χ0v) is 6.75. The fourth-order valence-electron chi connectivity index (χ4n) is 0.559. The summed E-state index contributed by atoms with van der Waals surface area (Å²) >= 11 is 0. The molecule has 0 radical (unpaired) electrons. The minimum Gasteiger partial charge on any atom is -0.394 e. The van der Waals surface area contributed by atoms with E-state index in [1.807, 2.05) is 0 Å². The monoisotopic (exact) mass is 178 g/mol. The van der Waals surface area contributed by atoms with Crippen molar-refractivity contribution in [3.05, 3.63) is 0 Å². The molecule has 0 aromatic heterocycles. The third-order valence-corrected chi connectivity index (χ3v) is 1.32. The second kappa shape index (κ2) is 5.04. The van der Waals surface area contributed by atoms with Crippen LogP contribution in [-0.4, -0.2) is 51.3 Å². The van der Waals surface area contributed by atoms with Gasteiger partial charge in [-0.05, 0) is 6.92 Å². The molecule has 0 heterocycles. The summed E-state index contributed by atoms with van der Waals surface area (Å²) in [6.45, 7) is 1.02. The lowest BCUT2D eigenvalue weighted by molar-refractivity contribution is 0.0175. The second-order valence-electron chi connectivity index (χ2n) is 2.42. The fourth-order valence-corrected chi connectivity index (χ4v) is 0.559. The molecule has 2 atom stereocenters. The van der Waals surface area contributed by atoms with Crippen LogP contribution in [0.25, 0.3) is 0 Å². The maximum atomic E-state index is 8.96. The lowest BCUT2D eigenvalue weighted by Gasteiger charge is -2.13. The number of aliphatic imine (C=N–C) groups is 1. The summed E-state index contributed by atoms with van der Waals surface area (Å²) in [7, 11) is 0. The number of nitrogens with two attached hydrogens (primary N) is 1. The van der Waals surface area contributed by atoms with Gasteiger partial charge >= 0.3 is 0 Å². The number of hydrogen-bond acceptors (Lipinski definition) is 5. The molecule has 0 aliphatic heterocycles. The highest BCUT2D eigenvalue weighted by Crippen LogP contribution is 1.97. The molecule has 0 bridgehead atoms. The molecule has 6 nitrogen and oxygen atoms in total. The molecule has 0 aromatic carbocycles. The predicted octanol–water partition coefficient (Wildman–Crippen LogP) is -2.60. The number of nitrogens with zero attached hydrogens (tertiary/aromatic N) is 1. The van der Waals surface area contributed by atoms with Gasteiger partial charge in [0.15, 0.2) is 5.84 Å². The number of hydrogen-bond donors (Lipinski definition) is 5. The van der Waals surface area contributed by atoms with Crippen LogP contribution in [0.5, 0.6) is 0 Å². The van der Waals surface area contributed by atoms with Gasteiger partial charge in [0.05, 0.1) is 12.7 Å². The molecule has 72 valence electrons. The molecule has 0 amide bonds. The van der Waals surface area contributed by atoms with Crippen molar-refractivity contribution < 1.29 is 20.4 Å². The lowest BCUT2D eigenvalue weighted by Crippen LogP contribution is -2.34. The zero-order valence-electron chi connectivity index (χ0n) is 6.75. The topological polar surface area (TPSA) is 119 Å². The first-order valence-electron chi connectivity index (χ1n) is 3.47. The molecular weight excluding hydrogens is 164 g/mol. The van der Waals surface area contributed by atoms with E-state index in [1.54, 1.807) is 0 Å². The molecule has 6 heteroatoms. The first-order chi connectivity index (χ1) is 5.49. The van der Waals surface area contributed by atoms with Gasteiger partial charge in [-0.3, -0.25) is 4.99 Å². The average molecular weight is 178 g/mol. The summed E-state index contributed by atoms with van der Waals surface area (Å²) in [6, 6.07) is -0.813. The largest absolute Gasteiger partial charge is 0.394 e. The van der Waals surface area contributed by atoms with Crippen LogP contribution in [0, 0.1) is 0 Å². The Hall–Kier alpha value is -0.690. The summed E-state index contributed by atoms with van der Waals surface area (Å²) in [5.74, 6) is -0.421. The summed E-state index contributed by atoms with van der Waals surface area (Å²) in [4.78, 5) is 3.49. The van der Waals surface area contributed by atoms with Gasteiger partial charge in [0.2, 0.25) is 6.29 Å². The smallest absolute Gasteiger partial charge is 0.211 e. The average Bonchev–Trinajstić information content (AvgIpc) is 1.98. The number of aliphatic hydroxyl groups is 4. The van der Waals surface area contributed by atoms with Gasteiger partial charge in [-0.25, -0.2) is 0 Å². The van der Waals surface area contributed by atoms with Gasteiger partial charge in [0.1, 0.15) is 6.04 Å². The van der Waals surface area contributed by atoms with Crippen LogP contribution in [0.4, 0.5) is 0 Å². The molecule has 0 rings (SSSR count). The highest BCUT2D eigenvalue weighted by Gasteiger charge is 2.14. The quantitative estimate of drug-likeness (QED) is 0.184. The van der Waals surface area contributed by atoms with Crippen molar-refractivity contribution >= 4 is 5.84 Å². The highest BCUT2D eigenvalue weighted by atomic mass is 16.5. The molecule has 0 saturated heterocycles. The number of rotatable bonds is 4. The number of aliphatic hydroxyl groups excluding tert-OH is 3. The third-order valence-electron chi connectivity index (χ3n) is 1.32. The van der Waals surface area contributed by atoms with Crippen LogP contribution < -0.4 is 5.73 Å². The molecule has 0 aliphatic rings. The van der Waals surface area contributed by atoms with Gasteiger partial charge in [-0.15, -0.1) is 0 Å². The number of amidine groups is 1. The lowest BCUT2D eigenvalue weighted by atomic mass is 10.2. The van der Waals surface area contributed by atoms with E-state index >= 15 is 0 Å². The first kappa shape index (κ1) is 11.3. The van der Waals surface area contributed by atoms with Crippen LogP contribution in [0.3, 0.4) is 0 Å². The van der Waals surface area contributed by atoms with Crippen molar-refractivity contribution in [1.29, 1.82) is 0 Å². The Morgan fingerprint density at radius 1 is 1.42 bits per heavy atom. The standard InChI is InChI=1S/C6H14N2O4/c1-3(10)4(2-9)8-5(7)6(11)12/h3-4,6,9-12H,2H2,1H3,(H2,7,8). The van der Waals surface area contributed by atoms with Crippen LogP contribution in [-0.2, 0) is 0 Å². The van der Waals surface area contributed by atoms with E-state index in [2.05, 4.69) is 4.99 Å². The van der Waals surface area contributed by atoms with Crippen LogP contribution in [0.15, 0.2) is 4.99 Å². The maximum absolute atomic E-state index is 8.96. The Labute approximate surface area is 70.0 Å². The Morgan fingerprint density at radius 2 is 1.92 bits per heavy atom. The first-order valence-corrected chi connectivity index (χ1v) is 3.47. The predicted molar refractivity (Wildman–Crippen MR) is 42.4 cm³/mol. The minimum absolute atomic E-state index is 0.398. The van der Waals surface area contributed by atoms with Crippen LogP contribution in [0.2, 0.25) is 0 Å². The van der Waals surface area contributed by atoms with E-state index in [1.165, 1.54) is 6.92 Å². The van der Waals surface area contributed by atoms with Crippen molar-refractivity contribution in [2.45, 2.75) is 25.4 Å². The molecule has 12 heavy (non-hydrogen) atoms. The van der Waals surface area contributed by atoms with Crippen LogP contribution in [0.1, 0.15) is 6.92 Å². The Bertz CT molecular complexity index is 158. The van der Waals surface area contributed by atoms with Gasteiger partial charge in [-0.1, -0.05) is 0 Å². The van der Waals surface area contributed by atoms with Crippen LogP contribution >= 0.6 is 0 Å². The van der Waals surface area contributed by atoms with Crippen molar-refractivity contribution in [2.75, 3.05) is 6.61 Å². The van der Waals surface area contributed by atoms with E-state index in [9.17, 15) is 0 Å². The minimum atomic E-state index is -1.85. The van der Waals surface area contributed by atoms with E-state index in [0.29, 0.717) is 0 Å². The van der Waals surface area contributed by atoms with Crippen molar-refractivity contribution in [3.63, 3.8) is 0 Å². The molecule has 0 aliphatic carbocycles. The van der Waals surface area contributed by atoms with Gasteiger partial charge in [0, 0.05) is 0 Å². The van der Waals surface area contributed by atoms with E-state index < -0.39 is 30.9 Å². The van der Waals surface area contributed by atoms with E-state index in [-0.39, 0.29) is 0 Å². The third kappa shape index (κ3) is 3.63. The Balaban J connectivity index is 4.25. The van der Waals surface area contributed by atoms with Crippen molar-refractivity contribution in [2.24, 2.45) is 10.7 Å². The van der Waals surface area contributed by atoms with Gasteiger partial charge in [0.25, 0.3) is 0 Å². The van der Waals surface area contributed by atoms with Gasteiger partial charge < -0.3 is 26.2 Å². The Kier molecular flexibility index (Phi) is 4.75. The summed E-state index contributed by atoms with van der Waals surface area (Å²) < 4.78 is 0. The molecule has 0 saturated carbocycles. The van der Waals surface area contributed by atoms with E-state index in [0.717, 1.165) is 0 Å². The van der Waals surface area contributed by atoms with Crippen molar-refractivity contribution in [3.8, 4) is 0 Å². The maximum Gasteiger partial charge on any atom is 0.211 e. The summed E-state index contributed by atoms with van der Waals surface area (Å²) in [6.07, 6.45) is -2.73. The molecular formula is C6H14N2O4. The molecule has 0 aromatic rings. The summed E-state index contributed by atoms with van der Waals surface area (Å²) in [5, 5.41) is 34.6. The molecule has 2 unspecified atom stereocenters. The molecule has 6 N–H and O–H groups in total. The molecule has 0 spiro atoms.